The van der Waals surface area contributed by atoms with Gasteiger partial charge in [0, 0.05) is 59.8 Å². The fourth-order valence-corrected chi connectivity index (χ4v) is 5.53. The van der Waals surface area contributed by atoms with Crippen LogP contribution in [0.25, 0.3) is 21.5 Å². The lowest BCUT2D eigenvalue weighted by Crippen LogP contribution is -2.12. The third-order valence-corrected chi connectivity index (χ3v) is 8.06. The van der Waals surface area contributed by atoms with Crippen molar-refractivity contribution >= 4 is 50.3 Å². The summed E-state index contributed by atoms with van der Waals surface area (Å²) in [6.07, 6.45) is 11.6. The molecule has 0 spiro atoms. The molecule has 0 radical (unpaired) electrons. The van der Waals surface area contributed by atoms with Crippen LogP contribution >= 0.6 is 23.4 Å². The average Bonchev–Trinajstić information content (AvgIpc) is 3.59. The number of carbonyl (C=O) groups excluding carboxylic acids is 1. The van der Waals surface area contributed by atoms with Crippen molar-refractivity contribution < 1.29 is 8.98 Å². The smallest absolute Gasteiger partial charge is 0.229 e. The number of hydrogen-bond donors (Lipinski definition) is 2. The third kappa shape index (κ3) is 6.76. The fraction of sp³-hybridized carbons (Fsp3) is 0.241. The molecule has 3 heterocycles. The number of unbranched alkanes of at least 4 members (excludes halogenated alkanes) is 1. The summed E-state index contributed by atoms with van der Waals surface area (Å²) in [4.78, 5) is 26.2. The van der Waals surface area contributed by atoms with E-state index in [-0.39, 0.29) is 11.8 Å². The number of imidazole rings is 1. The predicted molar refractivity (Wildman–Crippen MR) is 157 cm³/mol. The summed E-state index contributed by atoms with van der Waals surface area (Å²) in [7, 11) is 0. The number of fused-ring (bicyclic) bond motifs is 1. The molecular weight excluding hydrogens is 528 g/mol. The maximum absolute atomic E-state index is 12.0. The minimum Gasteiger partial charge on any atom is -0.421 e. The molecule has 198 valence electrons. The van der Waals surface area contributed by atoms with Crippen LogP contribution in [0.4, 0.5) is 10.8 Å². The molecule has 39 heavy (non-hydrogen) atoms. The third-order valence-electron chi connectivity index (χ3n) is 6.39. The van der Waals surface area contributed by atoms with E-state index in [1.165, 1.54) is 23.4 Å². The average molecular weight is 557 g/mol. The van der Waals surface area contributed by atoms with Crippen LogP contribution in [0, 0.1) is 5.92 Å². The molecule has 1 aliphatic rings. The second-order valence-corrected chi connectivity index (χ2v) is 11.3. The molecule has 0 saturated heterocycles. The van der Waals surface area contributed by atoms with Gasteiger partial charge < -0.3 is 19.4 Å². The van der Waals surface area contributed by atoms with Crippen molar-refractivity contribution in [3.63, 3.8) is 0 Å². The standard InChI is InChI=1S/C29H28N6O2S2/c36-28(20-5-6-20)34-29-33-25-12-9-23(16-27(25)38-29)37-39-24-10-7-22(8-11-24)31-14-1-2-15-35-18-26(32-19-35)21-4-3-13-30-17-21/h3-4,7-13,16-20,31H,1-2,5-6,14-15H2,(H,33,34,36). The van der Waals surface area contributed by atoms with Crippen molar-refractivity contribution in [1.82, 2.24) is 19.5 Å². The molecule has 2 N–H and O–H groups in total. The molecule has 1 saturated carbocycles. The molecule has 0 aliphatic heterocycles. The Labute approximate surface area is 235 Å². The van der Waals surface area contributed by atoms with Crippen molar-refractivity contribution in [3.05, 3.63) is 79.5 Å². The first kappa shape index (κ1) is 25.4. The molecule has 1 amide bonds. The first-order chi connectivity index (χ1) is 19.2. The number of rotatable bonds is 12. The number of aryl methyl sites for hydroxylation is 1. The monoisotopic (exact) mass is 556 g/mol. The summed E-state index contributed by atoms with van der Waals surface area (Å²) in [5.41, 5.74) is 3.94. The molecule has 1 fully saturated rings. The van der Waals surface area contributed by atoms with Crippen molar-refractivity contribution in [3.8, 4) is 17.0 Å². The lowest BCUT2D eigenvalue weighted by Gasteiger charge is -2.08. The number of nitrogens with zero attached hydrogens (tertiary/aromatic N) is 4. The lowest BCUT2D eigenvalue weighted by molar-refractivity contribution is -0.117. The zero-order valence-electron chi connectivity index (χ0n) is 21.2. The highest BCUT2D eigenvalue weighted by Gasteiger charge is 2.30. The molecular formula is C29H28N6O2S2. The molecule has 6 rings (SSSR count). The van der Waals surface area contributed by atoms with E-state index in [1.807, 2.05) is 42.9 Å². The Bertz CT molecular complexity index is 1550. The number of amides is 1. The Kier molecular flexibility index (Phi) is 7.73. The van der Waals surface area contributed by atoms with Gasteiger partial charge in [-0.3, -0.25) is 9.78 Å². The maximum Gasteiger partial charge on any atom is 0.229 e. The molecule has 2 aromatic carbocycles. The molecule has 10 heteroatoms. The largest absolute Gasteiger partial charge is 0.421 e. The van der Waals surface area contributed by atoms with Gasteiger partial charge in [-0.2, -0.15) is 0 Å². The van der Waals surface area contributed by atoms with E-state index < -0.39 is 0 Å². The summed E-state index contributed by atoms with van der Waals surface area (Å²) < 4.78 is 9.06. The summed E-state index contributed by atoms with van der Waals surface area (Å²) in [6.45, 7) is 1.84. The number of carbonyl (C=O) groups is 1. The van der Waals surface area contributed by atoms with Crippen LogP contribution in [0.15, 0.2) is 84.4 Å². The number of hydrogen-bond acceptors (Lipinski definition) is 8. The Morgan fingerprint density at radius 1 is 1.13 bits per heavy atom. The van der Waals surface area contributed by atoms with Crippen LogP contribution in [-0.2, 0) is 11.3 Å². The number of thiazole rings is 1. The van der Waals surface area contributed by atoms with Crippen molar-refractivity contribution in [1.29, 1.82) is 0 Å². The van der Waals surface area contributed by atoms with Crippen LogP contribution in [0.2, 0.25) is 0 Å². The number of benzene rings is 2. The highest BCUT2D eigenvalue weighted by atomic mass is 32.2. The van der Waals surface area contributed by atoms with Crippen LogP contribution in [-0.4, -0.2) is 32.0 Å². The molecule has 3 aromatic heterocycles. The van der Waals surface area contributed by atoms with Gasteiger partial charge in [0.2, 0.25) is 5.91 Å². The van der Waals surface area contributed by atoms with Crippen molar-refractivity contribution in [2.45, 2.75) is 37.1 Å². The van der Waals surface area contributed by atoms with Gasteiger partial charge in [0.15, 0.2) is 5.13 Å². The second-order valence-electron chi connectivity index (χ2n) is 9.48. The van der Waals surface area contributed by atoms with E-state index in [9.17, 15) is 4.79 Å². The molecule has 0 atom stereocenters. The maximum atomic E-state index is 12.0. The normalized spacial score (nSPS) is 12.9. The Hall–Kier alpha value is -3.89. The molecule has 5 aromatic rings. The Balaban J connectivity index is 0.922. The summed E-state index contributed by atoms with van der Waals surface area (Å²) in [6, 6.07) is 18.0. The topological polar surface area (TPSA) is 94.0 Å². The first-order valence-electron chi connectivity index (χ1n) is 13.0. The molecule has 0 unspecified atom stereocenters. The molecule has 1 aliphatic carbocycles. The van der Waals surface area contributed by atoms with Crippen LogP contribution < -0.4 is 14.8 Å². The van der Waals surface area contributed by atoms with Crippen LogP contribution in [0.5, 0.6) is 5.75 Å². The zero-order chi connectivity index (χ0) is 26.4. The minimum absolute atomic E-state index is 0.0734. The Morgan fingerprint density at radius 3 is 2.85 bits per heavy atom. The number of anilines is 2. The first-order valence-corrected chi connectivity index (χ1v) is 14.6. The van der Waals surface area contributed by atoms with Gasteiger partial charge in [0.1, 0.15) is 5.75 Å². The second kappa shape index (κ2) is 11.9. The fourth-order valence-electron chi connectivity index (χ4n) is 4.09. The van der Waals surface area contributed by atoms with Crippen molar-refractivity contribution in [2.75, 3.05) is 17.2 Å². The highest BCUT2D eigenvalue weighted by Crippen LogP contribution is 2.34. The SMILES string of the molecule is O=C(Nc1nc2ccc(OSc3ccc(NCCCCn4cnc(-c5cccnc5)c4)cc3)cc2s1)C1CC1. The minimum atomic E-state index is 0.0734. The van der Waals surface area contributed by atoms with E-state index in [2.05, 4.69) is 60.6 Å². The van der Waals surface area contributed by atoms with E-state index in [4.69, 9.17) is 4.18 Å². The van der Waals surface area contributed by atoms with Gasteiger partial charge in [-0.1, -0.05) is 11.3 Å². The summed E-state index contributed by atoms with van der Waals surface area (Å²) >= 11 is 2.80. The summed E-state index contributed by atoms with van der Waals surface area (Å²) in [5.74, 6) is 0.988. The van der Waals surface area contributed by atoms with Gasteiger partial charge in [-0.25, -0.2) is 9.97 Å². The molecule has 8 nitrogen and oxygen atoms in total. The van der Waals surface area contributed by atoms with Crippen LogP contribution in [0.3, 0.4) is 0 Å². The van der Waals surface area contributed by atoms with E-state index >= 15 is 0 Å². The summed E-state index contributed by atoms with van der Waals surface area (Å²) in [5, 5.41) is 7.06. The van der Waals surface area contributed by atoms with Gasteiger partial charge in [-0.05, 0) is 74.2 Å². The van der Waals surface area contributed by atoms with Crippen molar-refractivity contribution in [2.24, 2.45) is 5.92 Å². The van der Waals surface area contributed by atoms with Crippen LogP contribution in [0.1, 0.15) is 25.7 Å². The van der Waals surface area contributed by atoms with Gasteiger partial charge in [0.05, 0.1) is 34.3 Å². The predicted octanol–water partition coefficient (Wildman–Crippen LogP) is 6.88. The number of nitrogens with one attached hydrogen (secondary N) is 2. The number of pyridine rings is 1. The van der Waals surface area contributed by atoms with Gasteiger partial charge >= 0.3 is 0 Å². The van der Waals surface area contributed by atoms with Gasteiger partial charge in [-0.15, -0.1) is 0 Å². The Morgan fingerprint density at radius 2 is 2.03 bits per heavy atom. The number of aromatic nitrogens is 4. The quantitative estimate of drug-likeness (QED) is 0.128. The van der Waals surface area contributed by atoms with E-state index in [1.54, 1.807) is 6.20 Å². The lowest BCUT2D eigenvalue weighted by atomic mass is 10.2. The van der Waals surface area contributed by atoms with E-state index in [0.717, 1.165) is 76.6 Å². The van der Waals surface area contributed by atoms with Gasteiger partial charge in [0.25, 0.3) is 0 Å². The molecule has 0 bridgehead atoms. The highest BCUT2D eigenvalue weighted by molar-refractivity contribution is 7.95. The zero-order valence-corrected chi connectivity index (χ0v) is 22.9. The van der Waals surface area contributed by atoms with E-state index in [0.29, 0.717) is 5.13 Å².